The smallest absolute Gasteiger partial charge is 0.308 e. The van der Waals surface area contributed by atoms with Gasteiger partial charge in [0.2, 0.25) is 5.91 Å². The molecule has 2 amide bonds. The molecule has 3 rings (SSSR count). The highest BCUT2D eigenvalue weighted by Gasteiger charge is 2.35. The zero-order chi connectivity index (χ0) is 22.1. The van der Waals surface area contributed by atoms with Crippen LogP contribution in [0, 0.1) is 0 Å². The zero-order valence-electron chi connectivity index (χ0n) is 17.7. The largest absolute Gasteiger partial charge is 0.494 e. The number of nitrogens with one attached hydrogen (secondary N) is 1. The van der Waals surface area contributed by atoms with Crippen molar-refractivity contribution in [3.63, 3.8) is 0 Å². The molecule has 164 valence electrons. The van der Waals surface area contributed by atoms with Crippen molar-refractivity contribution in [1.29, 1.82) is 0 Å². The van der Waals surface area contributed by atoms with E-state index in [-0.39, 0.29) is 24.8 Å². The summed E-state index contributed by atoms with van der Waals surface area (Å²) in [4.78, 5) is 39.2. The van der Waals surface area contributed by atoms with Crippen LogP contribution in [0.15, 0.2) is 54.6 Å². The number of nitrogens with zero attached hydrogens (tertiary/aromatic N) is 1. The van der Waals surface area contributed by atoms with Gasteiger partial charge in [-0.1, -0.05) is 37.3 Å². The van der Waals surface area contributed by atoms with E-state index in [1.54, 1.807) is 24.3 Å². The molecule has 2 aromatic rings. The molecule has 1 N–H and O–H groups in total. The first-order valence-corrected chi connectivity index (χ1v) is 10.6. The summed E-state index contributed by atoms with van der Waals surface area (Å²) >= 11 is 0. The van der Waals surface area contributed by atoms with Gasteiger partial charge in [0.1, 0.15) is 11.8 Å². The molecule has 31 heavy (non-hydrogen) atoms. The molecule has 1 saturated heterocycles. The van der Waals surface area contributed by atoms with Crippen molar-refractivity contribution in [3.05, 3.63) is 65.7 Å². The van der Waals surface area contributed by atoms with E-state index in [2.05, 4.69) is 5.32 Å². The van der Waals surface area contributed by atoms with Crippen LogP contribution in [0.25, 0.3) is 0 Å². The summed E-state index contributed by atoms with van der Waals surface area (Å²) in [5.41, 5.74) is 1.51. The molecule has 7 nitrogen and oxygen atoms in total. The Kier molecular flexibility index (Phi) is 8.04. The van der Waals surface area contributed by atoms with Crippen LogP contribution in [0.5, 0.6) is 5.75 Å². The number of esters is 1. The SMILES string of the molecule is CCCOc1ccc(C(=O)N2CCNC(=O)[C@@H]2CC(=O)OCCc2ccccc2)cc1. The number of carbonyl (C=O) groups excluding carboxylic acids is 3. The molecule has 0 saturated carbocycles. The molecule has 1 aliphatic heterocycles. The molecule has 0 unspecified atom stereocenters. The first-order chi connectivity index (χ1) is 15.1. The lowest BCUT2D eigenvalue weighted by Gasteiger charge is -2.34. The first-order valence-electron chi connectivity index (χ1n) is 10.6. The van der Waals surface area contributed by atoms with Crippen molar-refractivity contribution in [1.82, 2.24) is 10.2 Å². The number of ether oxygens (including phenoxy) is 2. The number of hydrogen-bond acceptors (Lipinski definition) is 5. The maximum absolute atomic E-state index is 13.0. The molecule has 2 aromatic carbocycles. The minimum Gasteiger partial charge on any atom is -0.494 e. The fourth-order valence-electron chi connectivity index (χ4n) is 3.38. The van der Waals surface area contributed by atoms with Gasteiger partial charge in [-0.3, -0.25) is 14.4 Å². The van der Waals surface area contributed by atoms with Gasteiger partial charge in [-0.2, -0.15) is 0 Å². The zero-order valence-corrected chi connectivity index (χ0v) is 17.7. The lowest BCUT2D eigenvalue weighted by atomic mass is 10.1. The van der Waals surface area contributed by atoms with Crippen LogP contribution < -0.4 is 10.1 Å². The maximum atomic E-state index is 13.0. The van der Waals surface area contributed by atoms with Gasteiger partial charge >= 0.3 is 5.97 Å². The minimum absolute atomic E-state index is 0.177. The van der Waals surface area contributed by atoms with Crippen LogP contribution in [0.2, 0.25) is 0 Å². The van der Waals surface area contributed by atoms with Crippen LogP contribution in [0.4, 0.5) is 0 Å². The Bertz CT molecular complexity index is 883. The summed E-state index contributed by atoms with van der Waals surface area (Å²) in [5, 5.41) is 2.73. The molecule has 0 radical (unpaired) electrons. The highest BCUT2D eigenvalue weighted by atomic mass is 16.5. The van der Waals surface area contributed by atoms with Crippen molar-refractivity contribution in [3.8, 4) is 5.75 Å². The van der Waals surface area contributed by atoms with Crippen molar-refractivity contribution < 1.29 is 23.9 Å². The molecular formula is C24H28N2O5. The topological polar surface area (TPSA) is 84.9 Å². The molecule has 0 spiro atoms. The number of benzene rings is 2. The molecule has 1 heterocycles. The van der Waals surface area contributed by atoms with Crippen LogP contribution >= 0.6 is 0 Å². The van der Waals surface area contributed by atoms with E-state index in [4.69, 9.17) is 9.47 Å². The predicted octanol–water partition coefficient (Wildman–Crippen LogP) is 2.59. The van der Waals surface area contributed by atoms with Crippen molar-refractivity contribution >= 4 is 17.8 Å². The van der Waals surface area contributed by atoms with Gasteiger partial charge < -0.3 is 19.7 Å². The van der Waals surface area contributed by atoms with E-state index >= 15 is 0 Å². The van der Waals surface area contributed by atoms with E-state index in [1.807, 2.05) is 37.3 Å². The quantitative estimate of drug-likeness (QED) is 0.626. The summed E-state index contributed by atoms with van der Waals surface area (Å²) in [5.74, 6) is -0.450. The summed E-state index contributed by atoms with van der Waals surface area (Å²) in [6, 6.07) is 15.6. The lowest BCUT2D eigenvalue weighted by Crippen LogP contribution is -2.57. The van der Waals surface area contributed by atoms with E-state index < -0.39 is 12.0 Å². The molecule has 0 bridgehead atoms. The summed E-state index contributed by atoms with van der Waals surface area (Å²) in [6.45, 7) is 3.53. The molecule has 1 fully saturated rings. The van der Waals surface area contributed by atoms with Gasteiger partial charge in [0, 0.05) is 25.1 Å². The van der Waals surface area contributed by atoms with Crippen molar-refractivity contribution in [2.75, 3.05) is 26.3 Å². The van der Waals surface area contributed by atoms with Crippen molar-refractivity contribution in [2.24, 2.45) is 0 Å². The minimum atomic E-state index is -0.888. The Morgan fingerprint density at radius 2 is 1.81 bits per heavy atom. The first kappa shape index (κ1) is 22.3. The second-order valence-corrected chi connectivity index (χ2v) is 7.34. The van der Waals surface area contributed by atoms with E-state index in [9.17, 15) is 14.4 Å². The van der Waals surface area contributed by atoms with Crippen LogP contribution in [0.3, 0.4) is 0 Å². The molecule has 0 aliphatic carbocycles. The third-order valence-electron chi connectivity index (χ3n) is 5.02. The second-order valence-electron chi connectivity index (χ2n) is 7.34. The monoisotopic (exact) mass is 424 g/mol. The number of carbonyl (C=O) groups is 3. The summed E-state index contributed by atoms with van der Waals surface area (Å²) < 4.78 is 10.9. The fourth-order valence-corrected chi connectivity index (χ4v) is 3.38. The molecule has 1 aliphatic rings. The number of rotatable bonds is 9. The van der Waals surface area contributed by atoms with Gasteiger partial charge in [-0.15, -0.1) is 0 Å². The standard InChI is InChI=1S/C24H28N2O5/c1-2-15-30-20-10-8-19(9-11-20)24(29)26-14-13-25-23(28)21(26)17-22(27)31-16-12-18-6-4-3-5-7-18/h3-11,21H,2,12-17H2,1H3,(H,25,28)/t21-/m0/s1. The highest BCUT2D eigenvalue weighted by Crippen LogP contribution is 2.18. The van der Waals surface area contributed by atoms with Crippen LogP contribution in [-0.4, -0.2) is 55.0 Å². The number of amides is 2. The Morgan fingerprint density at radius 1 is 1.06 bits per heavy atom. The van der Waals surface area contributed by atoms with Crippen LogP contribution in [0.1, 0.15) is 35.7 Å². The third-order valence-corrected chi connectivity index (χ3v) is 5.02. The third kappa shape index (κ3) is 6.31. The summed E-state index contributed by atoms with van der Waals surface area (Å²) in [6.07, 6.45) is 1.31. The normalized spacial score (nSPS) is 15.8. The number of piperazine rings is 1. The van der Waals surface area contributed by atoms with Gasteiger partial charge in [-0.25, -0.2) is 0 Å². The molecule has 1 atom stereocenters. The number of hydrogen-bond donors (Lipinski definition) is 1. The van der Waals surface area contributed by atoms with E-state index in [1.165, 1.54) is 4.90 Å². The van der Waals surface area contributed by atoms with Gasteiger partial charge in [0.25, 0.3) is 5.91 Å². The van der Waals surface area contributed by atoms with E-state index in [0.717, 1.165) is 12.0 Å². The van der Waals surface area contributed by atoms with Gasteiger partial charge in [-0.05, 0) is 36.2 Å². The highest BCUT2D eigenvalue weighted by molar-refractivity contribution is 5.99. The van der Waals surface area contributed by atoms with Gasteiger partial charge in [0.15, 0.2) is 0 Å². The average molecular weight is 424 g/mol. The second kappa shape index (κ2) is 11.2. The van der Waals surface area contributed by atoms with E-state index in [0.29, 0.717) is 37.4 Å². The Balaban J connectivity index is 1.59. The van der Waals surface area contributed by atoms with Crippen LogP contribution in [-0.2, 0) is 20.7 Å². The predicted molar refractivity (Wildman–Crippen MR) is 116 cm³/mol. The maximum Gasteiger partial charge on any atom is 0.308 e. The average Bonchev–Trinajstić information content (AvgIpc) is 2.79. The Morgan fingerprint density at radius 3 is 2.52 bits per heavy atom. The lowest BCUT2D eigenvalue weighted by molar-refractivity contribution is -0.147. The summed E-state index contributed by atoms with van der Waals surface area (Å²) in [7, 11) is 0. The Hall–Kier alpha value is -3.35. The fraction of sp³-hybridized carbons (Fsp3) is 0.375. The van der Waals surface area contributed by atoms with Crippen molar-refractivity contribution in [2.45, 2.75) is 32.2 Å². The molecule has 7 heteroatoms. The molecular weight excluding hydrogens is 396 g/mol. The van der Waals surface area contributed by atoms with Gasteiger partial charge in [0.05, 0.1) is 19.6 Å². The Labute approximate surface area is 182 Å². The molecule has 0 aromatic heterocycles.